The molecule has 0 N–H and O–H groups in total. The first kappa shape index (κ1) is 25.3. The Bertz CT molecular complexity index is 626. The Morgan fingerprint density at radius 1 is 0.500 bits per heavy atom. The van der Waals surface area contributed by atoms with Gasteiger partial charge in [0.25, 0.3) is 0 Å². The van der Waals surface area contributed by atoms with Gasteiger partial charge in [-0.3, -0.25) is 0 Å². The molecule has 4 heteroatoms. The number of thiophene rings is 2. The van der Waals surface area contributed by atoms with Crippen LogP contribution in [0, 0.1) is 0 Å². The van der Waals surface area contributed by atoms with Crippen LogP contribution in [0.4, 0.5) is 0 Å². The summed E-state index contributed by atoms with van der Waals surface area (Å²) in [7, 11) is 0. The molecule has 2 aromatic heterocycles. The van der Waals surface area contributed by atoms with Gasteiger partial charge in [-0.15, -0.1) is 0 Å². The third-order valence-electron chi connectivity index (χ3n) is 5.40. The topological polar surface area (TPSA) is 0 Å². The van der Waals surface area contributed by atoms with E-state index in [0.29, 0.717) is 0 Å². The molecule has 0 unspecified atom stereocenters. The van der Waals surface area contributed by atoms with E-state index in [1.165, 1.54) is 64.2 Å². The molecule has 0 atom stereocenters. The van der Waals surface area contributed by atoms with Crippen LogP contribution >= 0.6 is 22.7 Å². The van der Waals surface area contributed by atoms with Gasteiger partial charge in [-0.2, -0.15) is 0 Å². The number of hydrogen-bond acceptors (Lipinski definition) is 2. The summed E-state index contributed by atoms with van der Waals surface area (Å²) in [5.74, 6) is 0. The van der Waals surface area contributed by atoms with Crippen molar-refractivity contribution in [2.45, 2.75) is 93.8 Å². The van der Waals surface area contributed by atoms with Crippen LogP contribution in [-0.4, -0.2) is 36.8 Å². The SMILES string of the molecule is [CH3][Sn]([CH3])([CH3])[c]1ccc(CCCCCCCCCCc2cc[c]([Sn]([CH3])([CH3])[CH3])s2)s1. The summed E-state index contributed by atoms with van der Waals surface area (Å²) in [6.45, 7) is 0. The molecule has 0 nitrogen and oxygen atoms in total. The predicted octanol–water partition coefficient (Wildman–Crippen LogP) is 7.81. The molecule has 0 amide bonds. The van der Waals surface area contributed by atoms with Gasteiger partial charge in [0.15, 0.2) is 0 Å². The normalized spacial score (nSPS) is 12.6. The van der Waals surface area contributed by atoms with Crippen LogP contribution < -0.4 is 5.79 Å². The zero-order chi connectivity index (χ0) is 20.6. The molecule has 2 rings (SSSR count). The summed E-state index contributed by atoms with van der Waals surface area (Å²) >= 11 is 0.599. The molecule has 0 spiro atoms. The molecular weight excluding hydrogens is 590 g/mol. The zero-order valence-electron chi connectivity index (χ0n) is 19.2. The summed E-state index contributed by atoms with van der Waals surface area (Å²) in [4.78, 5) is 18.4. The quantitative estimate of drug-likeness (QED) is 0.156. The van der Waals surface area contributed by atoms with Crippen LogP contribution in [0.25, 0.3) is 0 Å². The molecule has 0 saturated carbocycles. The maximum atomic E-state index is 2.52. The Balaban J connectivity index is 1.46. The van der Waals surface area contributed by atoms with E-state index in [9.17, 15) is 0 Å². The Morgan fingerprint density at radius 2 is 0.821 bits per heavy atom. The maximum absolute atomic E-state index is 2.52. The van der Waals surface area contributed by atoms with Crippen LogP contribution in [0.15, 0.2) is 24.3 Å². The summed E-state index contributed by atoms with van der Waals surface area (Å²) in [6, 6.07) is 9.67. The van der Waals surface area contributed by atoms with Gasteiger partial charge in [-0.1, -0.05) is 0 Å². The first-order valence-corrected chi connectivity index (χ1v) is 33.0. The van der Waals surface area contributed by atoms with Crippen molar-refractivity contribution in [2.24, 2.45) is 0 Å². The van der Waals surface area contributed by atoms with Gasteiger partial charge >= 0.3 is 193 Å². The van der Waals surface area contributed by atoms with Crippen LogP contribution in [0.1, 0.15) is 61.1 Å². The molecule has 0 aliphatic rings. The summed E-state index contributed by atoms with van der Waals surface area (Å²) < 4.78 is 3.48. The van der Waals surface area contributed by atoms with Gasteiger partial charge in [-0.25, -0.2) is 0 Å². The van der Waals surface area contributed by atoms with Gasteiger partial charge in [0.1, 0.15) is 0 Å². The molecule has 158 valence electrons. The molecule has 0 aliphatic carbocycles. The van der Waals surface area contributed by atoms with Gasteiger partial charge in [0.2, 0.25) is 0 Å². The Hall–Kier alpha value is 0.997. The van der Waals surface area contributed by atoms with E-state index < -0.39 is 36.8 Å². The second kappa shape index (κ2) is 12.1. The van der Waals surface area contributed by atoms with Crippen molar-refractivity contribution in [1.29, 1.82) is 0 Å². The van der Waals surface area contributed by atoms with E-state index >= 15 is 0 Å². The molecule has 0 radical (unpaired) electrons. The number of rotatable bonds is 13. The minimum absolute atomic E-state index is 1.31. The molecule has 0 aliphatic heterocycles. The van der Waals surface area contributed by atoms with Crippen molar-refractivity contribution in [1.82, 2.24) is 0 Å². The Labute approximate surface area is 191 Å². The van der Waals surface area contributed by atoms with Gasteiger partial charge in [-0.05, 0) is 0 Å². The van der Waals surface area contributed by atoms with Crippen molar-refractivity contribution in [2.75, 3.05) is 0 Å². The van der Waals surface area contributed by atoms with Crippen molar-refractivity contribution in [3.8, 4) is 0 Å². The van der Waals surface area contributed by atoms with Crippen molar-refractivity contribution in [3.05, 3.63) is 34.0 Å². The van der Waals surface area contributed by atoms with Crippen LogP contribution in [0.3, 0.4) is 0 Å². The first-order valence-electron chi connectivity index (χ1n) is 11.3. The standard InChI is InChI=1S/C18H24S2.6CH3.2Sn/c1(3-5-7-11-17-13-9-15-19-17)2-4-6-8-12-18-14-10-16-20-18;;;;;;;;/h9-10,13-14H,1-8,11-12H2;6*1H3;;. The number of hydrogen-bond donors (Lipinski definition) is 0. The van der Waals surface area contributed by atoms with E-state index in [1.54, 1.807) is 15.5 Å². The molecule has 0 bridgehead atoms. The molecular formula is C24H42S2Sn2. The fourth-order valence-electron chi connectivity index (χ4n) is 3.49. The van der Waals surface area contributed by atoms with E-state index in [1.807, 2.05) is 0 Å². The van der Waals surface area contributed by atoms with E-state index in [0.717, 1.165) is 0 Å². The molecule has 28 heavy (non-hydrogen) atoms. The van der Waals surface area contributed by atoms with Crippen LogP contribution in [0.5, 0.6) is 0 Å². The average molecular weight is 632 g/mol. The van der Waals surface area contributed by atoms with Crippen molar-refractivity contribution in [3.63, 3.8) is 0 Å². The second-order valence-electron chi connectivity index (χ2n) is 10.4. The summed E-state index contributed by atoms with van der Waals surface area (Å²) in [5.41, 5.74) is 0. The fraction of sp³-hybridized carbons (Fsp3) is 0.667. The molecule has 0 saturated heterocycles. The van der Waals surface area contributed by atoms with Gasteiger partial charge < -0.3 is 0 Å². The van der Waals surface area contributed by atoms with Gasteiger partial charge in [0, 0.05) is 0 Å². The van der Waals surface area contributed by atoms with Gasteiger partial charge in [0.05, 0.1) is 0 Å². The number of unbranched alkanes of at least 4 members (excludes halogenated alkanes) is 7. The minimum atomic E-state index is -1.82. The molecule has 0 aromatic carbocycles. The third kappa shape index (κ3) is 9.43. The molecule has 0 fully saturated rings. The van der Waals surface area contributed by atoms with Crippen molar-refractivity contribution >= 4 is 65.2 Å². The monoisotopic (exact) mass is 634 g/mol. The summed E-state index contributed by atoms with van der Waals surface area (Å²) in [5, 5.41) is 0. The Kier molecular flexibility index (Phi) is 11.0. The van der Waals surface area contributed by atoms with E-state index in [2.05, 4.69) is 76.6 Å². The predicted molar refractivity (Wildman–Crippen MR) is 139 cm³/mol. The fourth-order valence-corrected chi connectivity index (χ4v) is 16.5. The zero-order valence-corrected chi connectivity index (χ0v) is 26.5. The number of aryl methyl sites for hydroxylation is 2. The van der Waals surface area contributed by atoms with Crippen molar-refractivity contribution < 1.29 is 0 Å². The van der Waals surface area contributed by atoms with E-state index in [-0.39, 0.29) is 0 Å². The summed E-state index contributed by atoms with van der Waals surface area (Å²) in [6.07, 6.45) is 14.0. The molecule has 2 aromatic rings. The first-order chi connectivity index (χ1) is 13.2. The van der Waals surface area contributed by atoms with Crippen LogP contribution in [0.2, 0.25) is 29.6 Å². The molecule has 2 heterocycles. The average Bonchev–Trinajstić information content (AvgIpc) is 3.25. The Morgan fingerprint density at radius 3 is 1.11 bits per heavy atom. The second-order valence-corrected chi connectivity index (χ2v) is 43.5. The van der Waals surface area contributed by atoms with E-state index in [4.69, 9.17) is 0 Å². The van der Waals surface area contributed by atoms with Crippen LogP contribution in [-0.2, 0) is 12.8 Å². The third-order valence-corrected chi connectivity index (χ3v) is 26.7.